The number of carbonyl (C=O) groups excluding carboxylic acids is 1. The van der Waals surface area contributed by atoms with Gasteiger partial charge in [0.05, 0.1) is 26.4 Å². The molecule has 0 rings (SSSR count). The summed E-state index contributed by atoms with van der Waals surface area (Å²) in [5.74, 6) is 0. The molecular weight excluding hydrogens is 216 g/mol. The van der Waals surface area contributed by atoms with Crippen LogP contribution in [0.15, 0.2) is 0 Å². The highest BCUT2D eigenvalue weighted by molar-refractivity contribution is 5.74. The number of aliphatic hydroxyl groups is 2. The topological polar surface area (TPSA) is 100 Å². The number of rotatable bonds is 8. The zero-order valence-corrected chi connectivity index (χ0v) is 9.60. The molecule has 2 amide bonds. The number of ether oxygens (including phenoxy) is 2. The van der Waals surface area contributed by atoms with Crippen LogP contribution in [0.2, 0.25) is 0 Å². The molecule has 0 fully saturated rings. The van der Waals surface area contributed by atoms with Crippen molar-refractivity contribution in [1.82, 2.24) is 10.6 Å². The van der Waals surface area contributed by atoms with Gasteiger partial charge in [0.2, 0.25) is 0 Å². The van der Waals surface area contributed by atoms with Crippen LogP contribution >= 0.6 is 0 Å². The van der Waals surface area contributed by atoms with Gasteiger partial charge in [0, 0.05) is 0 Å². The molecule has 7 heteroatoms. The van der Waals surface area contributed by atoms with Gasteiger partial charge in [0.15, 0.2) is 0 Å². The summed E-state index contributed by atoms with van der Waals surface area (Å²) in [6.45, 7) is 3.44. The van der Waals surface area contributed by atoms with Crippen LogP contribution < -0.4 is 10.6 Å². The number of urea groups is 1. The number of amides is 2. The Morgan fingerprint density at radius 1 is 1.06 bits per heavy atom. The molecule has 4 N–H and O–H groups in total. The summed E-state index contributed by atoms with van der Waals surface area (Å²) in [6, 6.07) is -0.434. The van der Waals surface area contributed by atoms with Gasteiger partial charge in [-0.1, -0.05) is 0 Å². The summed E-state index contributed by atoms with van der Waals surface area (Å²) < 4.78 is 10.0. The standard InChI is InChI=1S/C9H20N2O5/c1-7(15-5-3-12)10-9(14)11-8(2)16-6-4-13/h7-8,12-13H,3-6H2,1-2H3,(H2,10,11,14). The molecule has 0 saturated heterocycles. The number of carbonyl (C=O) groups is 1. The minimum atomic E-state index is -0.489. The van der Waals surface area contributed by atoms with Crippen molar-refractivity contribution in [3.8, 4) is 0 Å². The Labute approximate surface area is 94.7 Å². The molecule has 0 aromatic rings. The normalized spacial score (nSPS) is 14.2. The van der Waals surface area contributed by atoms with Crippen molar-refractivity contribution in [2.75, 3.05) is 26.4 Å². The Balaban J connectivity index is 3.63. The minimum absolute atomic E-state index is 0.0936. The van der Waals surface area contributed by atoms with Crippen LogP contribution in [0.1, 0.15) is 13.8 Å². The molecule has 2 unspecified atom stereocenters. The van der Waals surface area contributed by atoms with E-state index in [9.17, 15) is 4.79 Å². The van der Waals surface area contributed by atoms with Crippen LogP contribution in [0, 0.1) is 0 Å². The van der Waals surface area contributed by atoms with E-state index in [2.05, 4.69) is 10.6 Å². The fourth-order valence-corrected chi connectivity index (χ4v) is 0.953. The van der Waals surface area contributed by atoms with Gasteiger partial charge in [-0.25, -0.2) is 4.79 Å². The molecule has 0 aromatic carbocycles. The third kappa shape index (κ3) is 8.42. The largest absolute Gasteiger partial charge is 0.394 e. The molecule has 0 bridgehead atoms. The molecule has 0 radical (unpaired) electrons. The maximum atomic E-state index is 11.3. The van der Waals surface area contributed by atoms with Crippen molar-refractivity contribution in [2.45, 2.75) is 26.3 Å². The Bertz CT molecular complexity index is 173. The SMILES string of the molecule is CC(NC(=O)NC(C)OCCO)OCCO. The highest BCUT2D eigenvalue weighted by Gasteiger charge is 2.09. The number of hydrogen-bond acceptors (Lipinski definition) is 5. The van der Waals surface area contributed by atoms with Gasteiger partial charge in [-0.3, -0.25) is 0 Å². The number of hydrogen-bond donors (Lipinski definition) is 4. The zero-order valence-electron chi connectivity index (χ0n) is 9.60. The van der Waals surface area contributed by atoms with Crippen LogP contribution in [0.4, 0.5) is 4.79 Å². The van der Waals surface area contributed by atoms with Gasteiger partial charge in [-0.15, -0.1) is 0 Å². The Kier molecular flexibility index (Phi) is 8.82. The zero-order chi connectivity index (χ0) is 12.4. The average molecular weight is 236 g/mol. The molecule has 0 aliphatic heterocycles. The molecular formula is C9H20N2O5. The van der Waals surface area contributed by atoms with Crippen molar-refractivity contribution in [3.05, 3.63) is 0 Å². The predicted octanol–water partition coefficient (Wildman–Crippen LogP) is -1.00. The monoisotopic (exact) mass is 236 g/mol. The first-order chi connectivity index (χ1) is 7.60. The van der Waals surface area contributed by atoms with Crippen LogP contribution in [0.3, 0.4) is 0 Å². The van der Waals surface area contributed by atoms with E-state index in [-0.39, 0.29) is 26.4 Å². The fourth-order valence-electron chi connectivity index (χ4n) is 0.953. The van der Waals surface area contributed by atoms with E-state index in [4.69, 9.17) is 19.7 Å². The molecule has 16 heavy (non-hydrogen) atoms. The van der Waals surface area contributed by atoms with Gasteiger partial charge in [-0.2, -0.15) is 0 Å². The Morgan fingerprint density at radius 2 is 1.44 bits per heavy atom. The average Bonchev–Trinajstić information content (AvgIpc) is 2.23. The Morgan fingerprint density at radius 3 is 1.75 bits per heavy atom. The van der Waals surface area contributed by atoms with E-state index in [1.807, 2.05) is 0 Å². The molecule has 2 atom stereocenters. The summed E-state index contributed by atoms with van der Waals surface area (Å²) >= 11 is 0. The summed E-state index contributed by atoms with van der Waals surface area (Å²) in [5.41, 5.74) is 0. The lowest BCUT2D eigenvalue weighted by molar-refractivity contribution is 0.0145. The van der Waals surface area contributed by atoms with Gasteiger partial charge in [0.25, 0.3) is 0 Å². The molecule has 0 aliphatic carbocycles. The highest BCUT2D eigenvalue weighted by Crippen LogP contribution is 1.88. The smallest absolute Gasteiger partial charge is 0.318 e. The van der Waals surface area contributed by atoms with Crippen molar-refractivity contribution < 1.29 is 24.5 Å². The molecule has 0 spiro atoms. The molecule has 0 heterocycles. The first kappa shape index (κ1) is 15.1. The van der Waals surface area contributed by atoms with Gasteiger partial charge < -0.3 is 30.3 Å². The second kappa shape index (κ2) is 9.34. The summed E-state index contributed by atoms with van der Waals surface area (Å²) in [6.07, 6.45) is -0.977. The second-order valence-corrected chi connectivity index (χ2v) is 3.09. The van der Waals surface area contributed by atoms with Crippen LogP contribution in [-0.4, -0.2) is 55.1 Å². The summed E-state index contributed by atoms with van der Waals surface area (Å²) in [7, 11) is 0. The van der Waals surface area contributed by atoms with Gasteiger partial charge >= 0.3 is 6.03 Å². The molecule has 0 saturated carbocycles. The number of aliphatic hydroxyl groups excluding tert-OH is 2. The first-order valence-electron chi connectivity index (χ1n) is 5.12. The summed E-state index contributed by atoms with van der Waals surface area (Å²) in [4.78, 5) is 11.3. The first-order valence-corrected chi connectivity index (χ1v) is 5.12. The van der Waals surface area contributed by atoms with Crippen molar-refractivity contribution in [3.63, 3.8) is 0 Å². The van der Waals surface area contributed by atoms with E-state index in [0.29, 0.717) is 0 Å². The third-order valence-corrected chi connectivity index (χ3v) is 1.59. The molecule has 0 aromatic heterocycles. The number of nitrogens with one attached hydrogen (secondary N) is 2. The van der Waals surface area contributed by atoms with Crippen LogP contribution in [0.5, 0.6) is 0 Å². The highest BCUT2D eigenvalue weighted by atomic mass is 16.5. The van der Waals surface area contributed by atoms with E-state index in [0.717, 1.165) is 0 Å². The van der Waals surface area contributed by atoms with Crippen LogP contribution in [-0.2, 0) is 9.47 Å². The van der Waals surface area contributed by atoms with Crippen molar-refractivity contribution in [1.29, 1.82) is 0 Å². The maximum Gasteiger partial charge on any atom is 0.318 e. The summed E-state index contributed by atoms with van der Waals surface area (Å²) in [5, 5.41) is 22.0. The van der Waals surface area contributed by atoms with E-state index >= 15 is 0 Å². The van der Waals surface area contributed by atoms with E-state index in [1.54, 1.807) is 13.8 Å². The lowest BCUT2D eigenvalue weighted by Crippen LogP contribution is -2.46. The molecule has 0 aliphatic rings. The quantitative estimate of drug-likeness (QED) is 0.405. The maximum absolute atomic E-state index is 11.3. The molecule has 7 nitrogen and oxygen atoms in total. The van der Waals surface area contributed by atoms with Crippen molar-refractivity contribution >= 4 is 6.03 Å². The second-order valence-electron chi connectivity index (χ2n) is 3.09. The fraction of sp³-hybridized carbons (Fsp3) is 0.889. The lowest BCUT2D eigenvalue weighted by Gasteiger charge is -2.18. The van der Waals surface area contributed by atoms with E-state index in [1.165, 1.54) is 0 Å². The minimum Gasteiger partial charge on any atom is -0.394 e. The Hall–Kier alpha value is -0.890. The van der Waals surface area contributed by atoms with Crippen molar-refractivity contribution in [2.24, 2.45) is 0 Å². The van der Waals surface area contributed by atoms with E-state index < -0.39 is 18.5 Å². The lowest BCUT2D eigenvalue weighted by atomic mass is 10.6. The van der Waals surface area contributed by atoms with Crippen LogP contribution in [0.25, 0.3) is 0 Å². The van der Waals surface area contributed by atoms with Gasteiger partial charge in [0.1, 0.15) is 12.5 Å². The van der Waals surface area contributed by atoms with Gasteiger partial charge in [-0.05, 0) is 13.8 Å². The third-order valence-electron chi connectivity index (χ3n) is 1.59. The predicted molar refractivity (Wildman–Crippen MR) is 56.7 cm³/mol. The molecule has 96 valence electrons.